The third-order valence-electron chi connectivity index (χ3n) is 3.31. The molecule has 0 aliphatic heterocycles. The summed E-state index contributed by atoms with van der Waals surface area (Å²) < 4.78 is 6.55. The maximum absolute atomic E-state index is 11.9. The van der Waals surface area contributed by atoms with Gasteiger partial charge in [-0.1, -0.05) is 22.4 Å². The van der Waals surface area contributed by atoms with E-state index in [1.165, 1.54) is 0 Å². The van der Waals surface area contributed by atoms with Crippen molar-refractivity contribution >= 4 is 16.9 Å². The molecule has 0 atom stereocenters. The van der Waals surface area contributed by atoms with E-state index in [4.69, 9.17) is 0 Å². The molecule has 2 heterocycles. The summed E-state index contributed by atoms with van der Waals surface area (Å²) in [5.41, 5.74) is 3.30. The number of benzene rings is 1. The van der Waals surface area contributed by atoms with Gasteiger partial charge in [0.15, 0.2) is 0 Å². The van der Waals surface area contributed by atoms with E-state index in [1.54, 1.807) is 13.3 Å². The summed E-state index contributed by atoms with van der Waals surface area (Å²) in [6, 6.07) is 7.85. The Morgan fingerprint density at radius 1 is 1.33 bits per heavy atom. The number of nitrogens with one attached hydrogen (secondary N) is 1. The molecule has 2 aromatic heterocycles. The van der Waals surface area contributed by atoms with Crippen LogP contribution in [0.1, 0.15) is 17.8 Å². The van der Waals surface area contributed by atoms with Gasteiger partial charge in [0.1, 0.15) is 11.4 Å². The lowest BCUT2D eigenvalue weighted by atomic mass is 10.3. The van der Waals surface area contributed by atoms with Gasteiger partial charge in [0.05, 0.1) is 23.9 Å². The number of aromatic nitrogens is 4. The Morgan fingerprint density at radius 3 is 3.00 bits per heavy atom. The maximum Gasteiger partial charge on any atom is 0.222 e. The van der Waals surface area contributed by atoms with Gasteiger partial charge in [0, 0.05) is 13.0 Å². The van der Waals surface area contributed by atoms with Crippen LogP contribution in [0.2, 0.25) is 0 Å². The summed E-state index contributed by atoms with van der Waals surface area (Å²) in [6.45, 7) is 2.71. The molecule has 0 aliphatic carbocycles. The number of nitrogens with zero attached hydrogens (tertiary/aromatic N) is 4. The molecular weight excluding hydrogens is 270 g/mol. The Kier molecular flexibility index (Phi) is 3.63. The first-order valence-electron chi connectivity index (χ1n) is 6.68. The Bertz CT molecular complexity index is 761. The van der Waals surface area contributed by atoms with E-state index in [2.05, 4.69) is 25.2 Å². The molecule has 1 aromatic carbocycles. The summed E-state index contributed by atoms with van der Waals surface area (Å²) in [6.07, 6.45) is 2.13. The van der Waals surface area contributed by atoms with Gasteiger partial charge in [-0.25, -0.2) is 9.61 Å². The van der Waals surface area contributed by atoms with Gasteiger partial charge in [-0.3, -0.25) is 4.79 Å². The zero-order valence-corrected chi connectivity index (χ0v) is 11.6. The lowest BCUT2D eigenvalue weighted by molar-refractivity contribution is -0.121. The molecule has 21 heavy (non-hydrogen) atoms. The van der Waals surface area contributed by atoms with Crippen molar-refractivity contribution in [2.45, 2.75) is 26.4 Å². The minimum absolute atomic E-state index is 0.0461. The summed E-state index contributed by atoms with van der Waals surface area (Å²) in [5.74, 6) is -0.0461. The largest absolute Gasteiger partial charge is 0.350 e. The van der Waals surface area contributed by atoms with Crippen LogP contribution in [-0.2, 0) is 17.9 Å². The Hall–Kier alpha value is -2.70. The number of amides is 1. The molecule has 0 spiro atoms. The summed E-state index contributed by atoms with van der Waals surface area (Å²) in [7, 11) is 0. The number of carbonyl (C=O) groups excluding carboxylic acids is 1. The SMILES string of the molecule is Cc1nonc1CNC(=O)CCn1cnc2ccccc21. The highest BCUT2D eigenvalue weighted by Crippen LogP contribution is 2.12. The van der Waals surface area contributed by atoms with Crippen molar-refractivity contribution < 1.29 is 9.42 Å². The third-order valence-corrected chi connectivity index (χ3v) is 3.31. The zero-order chi connectivity index (χ0) is 14.7. The molecule has 0 saturated heterocycles. The normalized spacial score (nSPS) is 10.9. The van der Waals surface area contributed by atoms with Gasteiger partial charge in [0.2, 0.25) is 5.91 Å². The van der Waals surface area contributed by atoms with Gasteiger partial charge in [-0.15, -0.1) is 0 Å². The second kappa shape index (κ2) is 5.74. The molecule has 0 bridgehead atoms. The molecule has 0 aliphatic rings. The smallest absolute Gasteiger partial charge is 0.222 e. The first-order chi connectivity index (χ1) is 10.2. The molecular formula is C14H15N5O2. The Labute approximate surface area is 120 Å². The minimum Gasteiger partial charge on any atom is -0.350 e. The number of rotatable bonds is 5. The number of para-hydroxylation sites is 2. The number of carbonyl (C=O) groups is 1. The van der Waals surface area contributed by atoms with E-state index < -0.39 is 0 Å². The van der Waals surface area contributed by atoms with Crippen LogP contribution in [0.25, 0.3) is 11.0 Å². The van der Waals surface area contributed by atoms with Crippen LogP contribution in [0.15, 0.2) is 35.2 Å². The van der Waals surface area contributed by atoms with Gasteiger partial charge < -0.3 is 9.88 Å². The van der Waals surface area contributed by atoms with Crippen molar-refractivity contribution in [3.8, 4) is 0 Å². The van der Waals surface area contributed by atoms with E-state index in [0.29, 0.717) is 30.9 Å². The van der Waals surface area contributed by atoms with E-state index in [-0.39, 0.29) is 5.91 Å². The molecule has 1 amide bonds. The van der Waals surface area contributed by atoms with Crippen molar-refractivity contribution in [1.82, 2.24) is 25.2 Å². The number of hydrogen-bond acceptors (Lipinski definition) is 5. The van der Waals surface area contributed by atoms with E-state index in [0.717, 1.165) is 11.0 Å². The highest BCUT2D eigenvalue weighted by atomic mass is 16.6. The predicted octanol–water partition coefficient (Wildman–Crippen LogP) is 1.43. The fourth-order valence-corrected chi connectivity index (χ4v) is 2.09. The fraction of sp³-hybridized carbons (Fsp3) is 0.286. The van der Waals surface area contributed by atoms with Crippen LogP contribution >= 0.6 is 0 Å². The van der Waals surface area contributed by atoms with Crippen LogP contribution in [-0.4, -0.2) is 25.8 Å². The van der Waals surface area contributed by atoms with Crippen molar-refractivity contribution in [3.63, 3.8) is 0 Å². The van der Waals surface area contributed by atoms with E-state index in [9.17, 15) is 4.79 Å². The van der Waals surface area contributed by atoms with Crippen LogP contribution in [0.3, 0.4) is 0 Å². The highest BCUT2D eigenvalue weighted by Gasteiger charge is 2.08. The molecule has 108 valence electrons. The van der Waals surface area contributed by atoms with Gasteiger partial charge >= 0.3 is 0 Å². The van der Waals surface area contributed by atoms with Crippen molar-refractivity contribution in [2.75, 3.05) is 0 Å². The average molecular weight is 285 g/mol. The zero-order valence-electron chi connectivity index (χ0n) is 11.6. The van der Waals surface area contributed by atoms with Crippen molar-refractivity contribution in [3.05, 3.63) is 42.0 Å². The topological polar surface area (TPSA) is 85.8 Å². The molecule has 3 aromatic rings. The van der Waals surface area contributed by atoms with Gasteiger partial charge in [0.25, 0.3) is 0 Å². The minimum atomic E-state index is -0.0461. The van der Waals surface area contributed by atoms with Crippen LogP contribution < -0.4 is 5.32 Å². The number of imidazole rings is 1. The summed E-state index contributed by atoms with van der Waals surface area (Å²) in [4.78, 5) is 16.2. The molecule has 0 saturated carbocycles. The fourth-order valence-electron chi connectivity index (χ4n) is 2.09. The molecule has 0 radical (unpaired) electrons. The van der Waals surface area contributed by atoms with Gasteiger partial charge in [-0.05, 0) is 19.1 Å². The van der Waals surface area contributed by atoms with Crippen molar-refractivity contribution in [2.24, 2.45) is 0 Å². The number of fused-ring (bicyclic) bond motifs is 1. The monoisotopic (exact) mass is 285 g/mol. The lowest BCUT2D eigenvalue weighted by Crippen LogP contribution is -2.24. The van der Waals surface area contributed by atoms with Crippen LogP contribution in [0.5, 0.6) is 0 Å². The summed E-state index contributed by atoms with van der Waals surface area (Å²) >= 11 is 0. The predicted molar refractivity (Wildman–Crippen MR) is 75.2 cm³/mol. The van der Waals surface area contributed by atoms with E-state index in [1.807, 2.05) is 28.8 Å². The first-order valence-corrected chi connectivity index (χ1v) is 6.68. The molecule has 1 N–H and O–H groups in total. The van der Waals surface area contributed by atoms with Crippen LogP contribution in [0, 0.1) is 6.92 Å². The van der Waals surface area contributed by atoms with Gasteiger partial charge in [-0.2, -0.15) is 0 Å². The molecule has 7 nitrogen and oxygen atoms in total. The van der Waals surface area contributed by atoms with Crippen molar-refractivity contribution in [1.29, 1.82) is 0 Å². The second-order valence-electron chi connectivity index (χ2n) is 4.75. The standard InChI is InChI=1S/C14H15N5O2/c1-10-12(18-21-17-10)8-15-14(20)6-7-19-9-16-11-4-2-3-5-13(11)19/h2-5,9H,6-8H2,1H3,(H,15,20). The molecule has 0 unspecified atom stereocenters. The summed E-state index contributed by atoms with van der Waals surface area (Å²) in [5, 5.41) is 10.2. The van der Waals surface area contributed by atoms with E-state index >= 15 is 0 Å². The quantitative estimate of drug-likeness (QED) is 0.766. The number of aryl methyl sites for hydroxylation is 2. The molecule has 3 rings (SSSR count). The van der Waals surface area contributed by atoms with Crippen LogP contribution in [0.4, 0.5) is 0 Å². The Morgan fingerprint density at radius 2 is 2.19 bits per heavy atom. The maximum atomic E-state index is 11.9. The molecule has 0 fully saturated rings. The number of hydrogen-bond donors (Lipinski definition) is 1. The first kappa shape index (κ1) is 13.3. The lowest BCUT2D eigenvalue weighted by Gasteiger charge is -2.05. The highest BCUT2D eigenvalue weighted by molar-refractivity contribution is 5.77. The second-order valence-corrected chi connectivity index (χ2v) is 4.75. The average Bonchev–Trinajstić information content (AvgIpc) is 3.09. The third kappa shape index (κ3) is 2.91. The molecule has 7 heteroatoms. The Balaban J connectivity index is 1.55.